The van der Waals surface area contributed by atoms with Gasteiger partial charge in [0.05, 0.1) is 11.5 Å². The second kappa shape index (κ2) is 6.97. The fourth-order valence-electron chi connectivity index (χ4n) is 6.25. The van der Waals surface area contributed by atoms with Gasteiger partial charge < -0.3 is 9.84 Å². The number of aliphatic hydroxyl groups is 1. The molecule has 0 spiro atoms. The Morgan fingerprint density at radius 2 is 2.06 bits per heavy atom. The molecule has 1 N–H and O–H groups in total. The quantitative estimate of drug-likeness (QED) is 0.783. The molecule has 4 aliphatic rings. The summed E-state index contributed by atoms with van der Waals surface area (Å²) in [6.45, 7) is 2.14. The molecule has 32 heavy (non-hydrogen) atoms. The van der Waals surface area contributed by atoms with Crippen LogP contribution in [-0.4, -0.2) is 34.4 Å². The maximum Gasteiger partial charge on any atom is 0.166 e. The lowest BCUT2D eigenvalue weighted by Gasteiger charge is -2.44. The van der Waals surface area contributed by atoms with E-state index >= 15 is 0 Å². The first-order valence-corrected chi connectivity index (χ1v) is 11.3. The van der Waals surface area contributed by atoms with Gasteiger partial charge in [-0.15, -0.1) is 0 Å². The van der Waals surface area contributed by atoms with E-state index in [1.165, 1.54) is 0 Å². The molecule has 2 heterocycles. The molecule has 162 valence electrons. The number of aliphatic hydroxyl groups excluding tert-OH is 1. The third-order valence-electron chi connectivity index (χ3n) is 7.91. The Morgan fingerprint density at radius 1 is 1.19 bits per heavy atom. The summed E-state index contributed by atoms with van der Waals surface area (Å²) >= 11 is 0. The number of carbonyl (C=O) groups excluding carboxylic acids is 2. The molecular weight excluding hydrogens is 402 g/mol. The molecule has 5 heteroatoms. The summed E-state index contributed by atoms with van der Waals surface area (Å²) < 4.78 is 6.46. The van der Waals surface area contributed by atoms with Crippen LogP contribution in [0.1, 0.15) is 37.7 Å². The van der Waals surface area contributed by atoms with E-state index in [2.05, 4.69) is 30.1 Å². The zero-order valence-electron chi connectivity index (χ0n) is 18.0. The van der Waals surface area contributed by atoms with E-state index in [0.717, 1.165) is 21.9 Å². The third-order valence-corrected chi connectivity index (χ3v) is 7.91. The lowest BCUT2D eigenvalue weighted by Crippen LogP contribution is -2.41. The summed E-state index contributed by atoms with van der Waals surface area (Å²) in [5, 5.41) is 11.7. The minimum Gasteiger partial charge on any atom is -0.489 e. The lowest BCUT2D eigenvalue weighted by atomic mass is 9.64. The van der Waals surface area contributed by atoms with Gasteiger partial charge in [0.15, 0.2) is 5.78 Å². The van der Waals surface area contributed by atoms with Crippen molar-refractivity contribution in [2.24, 2.45) is 17.3 Å². The molecule has 0 radical (unpaired) electrons. The predicted octanol–water partition coefficient (Wildman–Crippen LogP) is 4.03. The predicted molar refractivity (Wildman–Crippen MR) is 120 cm³/mol. The molecule has 5 nitrogen and oxygen atoms in total. The second-order valence-electron chi connectivity index (χ2n) is 9.75. The number of nitrogens with zero attached hydrogens (tertiary/aromatic N) is 1. The maximum absolute atomic E-state index is 13.5. The zero-order chi connectivity index (χ0) is 22.0. The van der Waals surface area contributed by atoms with E-state index in [-0.39, 0.29) is 47.4 Å². The maximum atomic E-state index is 13.5. The van der Waals surface area contributed by atoms with Crippen LogP contribution in [-0.2, 0) is 14.3 Å². The van der Waals surface area contributed by atoms with Crippen LogP contribution in [0.25, 0.3) is 10.8 Å². The van der Waals surface area contributed by atoms with Crippen LogP contribution >= 0.6 is 0 Å². The first-order chi connectivity index (χ1) is 15.5. The standard InChI is InChI=1S/C27H25NO4/c1-27-7-5-16-11-20-22(30)9-15(14-29)10-24(20)32-26(16)21(27)12-23(31)25(27)19-4-2-3-17-13-28-8-6-18(17)19/h2-8,11,13,15,21,25-26,29H,9-10,12,14H2,1H3/t15?,21-,25-,26+,27-/m0/s1. The van der Waals surface area contributed by atoms with Crippen molar-refractivity contribution in [2.75, 3.05) is 6.61 Å². The van der Waals surface area contributed by atoms with Crippen LogP contribution < -0.4 is 0 Å². The molecule has 5 atom stereocenters. The Balaban J connectivity index is 1.42. The largest absolute Gasteiger partial charge is 0.489 e. The van der Waals surface area contributed by atoms with Crippen LogP contribution in [0.5, 0.6) is 0 Å². The number of Topliss-reactive ketones (excluding diaryl/α,β-unsaturated/α-hetero) is 2. The number of pyridine rings is 1. The van der Waals surface area contributed by atoms with Crippen molar-refractivity contribution in [3.05, 3.63) is 77.4 Å². The van der Waals surface area contributed by atoms with E-state index in [1.54, 1.807) is 6.20 Å². The van der Waals surface area contributed by atoms with E-state index in [9.17, 15) is 14.7 Å². The Labute approximate surface area is 186 Å². The average molecular weight is 428 g/mol. The van der Waals surface area contributed by atoms with Crippen LogP contribution in [0.2, 0.25) is 0 Å². The molecule has 1 saturated carbocycles. The van der Waals surface area contributed by atoms with Gasteiger partial charge in [0.25, 0.3) is 0 Å². The minimum absolute atomic E-state index is 0.00741. The van der Waals surface area contributed by atoms with Crippen molar-refractivity contribution in [2.45, 2.75) is 38.2 Å². The summed E-state index contributed by atoms with van der Waals surface area (Å²) in [5.41, 5.74) is 2.26. The van der Waals surface area contributed by atoms with Crippen LogP contribution in [0, 0.1) is 17.3 Å². The summed E-state index contributed by atoms with van der Waals surface area (Å²) in [4.78, 5) is 30.3. The molecule has 1 aromatic heterocycles. The number of ketones is 2. The lowest BCUT2D eigenvalue weighted by molar-refractivity contribution is -0.120. The van der Waals surface area contributed by atoms with Gasteiger partial charge in [0.2, 0.25) is 0 Å². The van der Waals surface area contributed by atoms with Crippen LogP contribution in [0.3, 0.4) is 0 Å². The van der Waals surface area contributed by atoms with Gasteiger partial charge in [0.1, 0.15) is 17.6 Å². The van der Waals surface area contributed by atoms with Gasteiger partial charge >= 0.3 is 0 Å². The molecule has 1 unspecified atom stereocenters. The normalized spacial score (nSPS) is 33.5. The topological polar surface area (TPSA) is 76.5 Å². The first-order valence-electron chi connectivity index (χ1n) is 11.3. The summed E-state index contributed by atoms with van der Waals surface area (Å²) in [7, 11) is 0. The molecule has 0 bridgehead atoms. The molecule has 1 fully saturated rings. The number of aromatic nitrogens is 1. The molecular formula is C27H25NO4. The highest BCUT2D eigenvalue weighted by Crippen LogP contribution is 2.58. The number of carbonyl (C=O) groups is 2. The first kappa shape index (κ1) is 19.6. The van der Waals surface area contributed by atoms with Crippen molar-refractivity contribution in [1.29, 1.82) is 0 Å². The van der Waals surface area contributed by atoms with Gasteiger partial charge in [-0.2, -0.15) is 0 Å². The molecule has 3 aliphatic carbocycles. The molecule has 0 amide bonds. The highest BCUT2D eigenvalue weighted by atomic mass is 16.5. The van der Waals surface area contributed by atoms with Gasteiger partial charge in [-0.3, -0.25) is 14.6 Å². The number of rotatable bonds is 2. The molecule has 6 rings (SSSR count). The van der Waals surface area contributed by atoms with Crippen molar-refractivity contribution in [1.82, 2.24) is 4.98 Å². The monoisotopic (exact) mass is 427 g/mol. The number of fused-ring (bicyclic) bond motifs is 4. The van der Waals surface area contributed by atoms with Gasteiger partial charge in [-0.1, -0.05) is 37.3 Å². The Morgan fingerprint density at radius 3 is 2.91 bits per heavy atom. The van der Waals surface area contributed by atoms with Crippen molar-refractivity contribution in [3.8, 4) is 0 Å². The van der Waals surface area contributed by atoms with Crippen LogP contribution in [0.15, 0.2) is 71.8 Å². The fraction of sp³-hybridized carbons (Fsp3) is 0.370. The Hall–Kier alpha value is -3.05. The molecule has 2 aromatic rings. The average Bonchev–Trinajstić information content (AvgIpc) is 3.08. The van der Waals surface area contributed by atoms with Gasteiger partial charge in [-0.05, 0) is 34.6 Å². The van der Waals surface area contributed by atoms with Gasteiger partial charge in [-0.25, -0.2) is 0 Å². The van der Waals surface area contributed by atoms with E-state index in [4.69, 9.17) is 4.74 Å². The summed E-state index contributed by atoms with van der Waals surface area (Å²) in [6, 6.07) is 8.08. The number of allylic oxidation sites excluding steroid dienone is 4. The van der Waals surface area contributed by atoms with E-state index in [0.29, 0.717) is 30.6 Å². The Kier molecular flexibility index (Phi) is 4.28. The molecule has 1 aromatic carbocycles. The molecule has 0 saturated heterocycles. The smallest absolute Gasteiger partial charge is 0.166 e. The van der Waals surface area contributed by atoms with Crippen molar-refractivity contribution in [3.63, 3.8) is 0 Å². The zero-order valence-corrected chi connectivity index (χ0v) is 18.0. The van der Waals surface area contributed by atoms with Gasteiger partial charge in [0, 0.05) is 55.0 Å². The third kappa shape index (κ3) is 2.70. The second-order valence-corrected chi connectivity index (χ2v) is 9.75. The molecule has 1 aliphatic heterocycles. The highest BCUT2D eigenvalue weighted by Gasteiger charge is 2.57. The SMILES string of the molecule is C[C@]12C=CC3=CC4=C(CC(CO)CC4=O)O[C@H]3[C@@H]1CC(=O)[C@@H]2c1cccc2cnccc12. The van der Waals surface area contributed by atoms with E-state index < -0.39 is 0 Å². The van der Waals surface area contributed by atoms with E-state index in [1.807, 2.05) is 30.5 Å². The number of ether oxygens (including phenoxy) is 1. The highest BCUT2D eigenvalue weighted by molar-refractivity contribution is 6.00. The van der Waals surface area contributed by atoms with Crippen molar-refractivity contribution < 1.29 is 19.4 Å². The summed E-state index contributed by atoms with van der Waals surface area (Å²) in [5.74, 6) is 0.579. The fourth-order valence-corrected chi connectivity index (χ4v) is 6.25. The van der Waals surface area contributed by atoms with Crippen molar-refractivity contribution >= 4 is 22.3 Å². The number of benzene rings is 1. The summed E-state index contributed by atoms with van der Waals surface area (Å²) in [6.07, 6.45) is 10.9. The number of hydrogen-bond donors (Lipinski definition) is 1. The minimum atomic E-state index is -0.385. The van der Waals surface area contributed by atoms with Crippen LogP contribution in [0.4, 0.5) is 0 Å². The Bertz CT molecular complexity index is 1250. The number of hydrogen-bond acceptors (Lipinski definition) is 5.